The number of hydrogen-bond donors (Lipinski definition) is 1. The standard InChI is InChI=1S/C15H13N3OS2/c1-20-13-5-8-21-14(13)15(19)17-11-3-2-4-12(9-11)18-7-6-16-10-18/h2-10H,1H3,(H,17,19). The minimum absolute atomic E-state index is 0.0721. The SMILES string of the molecule is CSc1ccsc1C(=O)Nc1cccc(-n2ccnc2)c1. The molecule has 0 radical (unpaired) electrons. The van der Waals surface area contributed by atoms with Gasteiger partial charge in [-0.2, -0.15) is 0 Å². The van der Waals surface area contributed by atoms with Gasteiger partial charge in [0, 0.05) is 28.7 Å². The van der Waals surface area contributed by atoms with Gasteiger partial charge >= 0.3 is 0 Å². The molecule has 1 N–H and O–H groups in total. The number of nitrogens with zero attached hydrogens (tertiary/aromatic N) is 2. The Morgan fingerprint density at radius 3 is 3.05 bits per heavy atom. The molecule has 0 saturated heterocycles. The van der Waals surface area contributed by atoms with Gasteiger partial charge in [-0.1, -0.05) is 6.07 Å². The maximum atomic E-state index is 12.3. The summed E-state index contributed by atoms with van der Waals surface area (Å²) in [4.78, 5) is 18.1. The summed E-state index contributed by atoms with van der Waals surface area (Å²) in [5.41, 5.74) is 1.73. The van der Waals surface area contributed by atoms with Crippen LogP contribution in [0.3, 0.4) is 0 Å². The van der Waals surface area contributed by atoms with Crippen LogP contribution in [0.15, 0.2) is 59.3 Å². The lowest BCUT2D eigenvalue weighted by molar-refractivity contribution is 0.102. The Morgan fingerprint density at radius 2 is 2.29 bits per heavy atom. The predicted octanol–water partition coefficient (Wildman–Crippen LogP) is 3.91. The number of nitrogens with one attached hydrogen (secondary N) is 1. The fourth-order valence-electron chi connectivity index (χ4n) is 1.97. The molecule has 0 unspecified atom stereocenters. The summed E-state index contributed by atoms with van der Waals surface area (Å²) in [6.07, 6.45) is 7.29. The number of carbonyl (C=O) groups excluding carboxylic acids is 1. The van der Waals surface area contributed by atoms with E-state index >= 15 is 0 Å². The van der Waals surface area contributed by atoms with Crippen molar-refractivity contribution >= 4 is 34.7 Å². The molecule has 0 aliphatic heterocycles. The molecule has 1 amide bonds. The van der Waals surface area contributed by atoms with E-state index in [1.807, 2.05) is 52.7 Å². The normalized spacial score (nSPS) is 10.5. The Kier molecular flexibility index (Phi) is 4.08. The molecule has 0 fully saturated rings. The fraction of sp³-hybridized carbons (Fsp3) is 0.0667. The Balaban J connectivity index is 1.82. The van der Waals surface area contributed by atoms with Crippen molar-refractivity contribution in [3.63, 3.8) is 0 Å². The van der Waals surface area contributed by atoms with Gasteiger partial charge in [0.1, 0.15) is 4.88 Å². The third-order valence-electron chi connectivity index (χ3n) is 2.96. The van der Waals surface area contributed by atoms with Crippen molar-refractivity contribution in [2.45, 2.75) is 4.90 Å². The molecule has 106 valence electrons. The van der Waals surface area contributed by atoms with E-state index in [-0.39, 0.29) is 5.91 Å². The molecule has 2 heterocycles. The molecule has 21 heavy (non-hydrogen) atoms. The van der Waals surface area contributed by atoms with E-state index in [2.05, 4.69) is 10.3 Å². The number of benzene rings is 1. The third kappa shape index (κ3) is 3.01. The van der Waals surface area contributed by atoms with Crippen LogP contribution in [-0.4, -0.2) is 21.7 Å². The molecule has 0 atom stereocenters. The second kappa shape index (κ2) is 6.15. The van der Waals surface area contributed by atoms with Gasteiger partial charge in [0.05, 0.1) is 6.33 Å². The molecule has 6 heteroatoms. The number of anilines is 1. The molecule has 3 rings (SSSR count). The predicted molar refractivity (Wildman–Crippen MR) is 87.6 cm³/mol. The van der Waals surface area contributed by atoms with Gasteiger partial charge in [-0.15, -0.1) is 23.1 Å². The Labute approximate surface area is 130 Å². The summed E-state index contributed by atoms with van der Waals surface area (Å²) in [5.74, 6) is -0.0721. The summed E-state index contributed by atoms with van der Waals surface area (Å²) in [7, 11) is 0. The highest BCUT2D eigenvalue weighted by atomic mass is 32.2. The van der Waals surface area contributed by atoms with Gasteiger partial charge in [0.25, 0.3) is 5.91 Å². The van der Waals surface area contributed by atoms with Crippen LogP contribution >= 0.6 is 23.1 Å². The number of hydrogen-bond acceptors (Lipinski definition) is 4. The number of carbonyl (C=O) groups is 1. The number of thioether (sulfide) groups is 1. The lowest BCUT2D eigenvalue weighted by Crippen LogP contribution is -2.11. The molecular weight excluding hydrogens is 302 g/mol. The number of thiophene rings is 1. The van der Waals surface area contributed by atoms with Crippen LogP contribution in [0.5, 0.6) is 0 Å². The Hall–Kier alpha value is -2.05. The summed E-state index contributed by atoms with van der Waals surface area (Å²) in [6.45, 7) is 0. The fourth-order valence-corrected chi connectivity index (χ4v) is 3.61. The van der Waals surface area contributed by atoms with E-state index in [4.69, 9.17) is 0 Å². The number of imidazole rings is 1. The highest BCUT2D eigenvalue weighted by Gasteiger charge is 2.13. The molecule has 3 aromatic rings. The first-order chi connectivity index (χ1) is 10.3. The number of amides is 1. The molecule has 0 bridgehead atoms. The van der Waals surface area contributed by atoms with Gasteiger partial charge in [-0.25, -0.2) is 4.98 Å². The van der Waals surface area contributed by atoms with Crippen LogP contribution in [0.2, 0.25) is 0 Å². The monoisotopic (exact) mass is 315 g/mol. The summed E-state index contributed by atoms with van der Waals surface area (Å²) < 4.78 is 1.90. The number of rotatable bonds is 4. The Bertz CT molecular complexity index is 750. The van der Waals surface area contributed by atoms with E-state index in [0.717, 1.165) is 21.1 Å². The lowest BCUT2D eigenvalue weighted by Gasteiger charge is -2.08. The van der Waals surface area contributed by atoms with Crippen LogP contribution in [0, 0.1) is 0 Å². The lowest BCUT2D eigenvalue weighted by atomic mass is 10.2. The highest BCUT2D eigenvalue weighted by molar-refractivity contribution is 7.98. The molecule has 4 nitrogen and oxygen atoms in total. The molecule has 1 aromatic carbocycles. The average molecular weight is 315 g/mol. The first kappa shape index (κ1) is 13.9. The quantitative estimate of drug-likeness (QED) is 0.743. The van der Waals surface area contributed by atoms with Crippen molar-refractivity contribution in [2.75, 3.05) is 11.6 Å². The minimum atomic E-state index is -0.0721. The van der Waals surface area contributed by atoms with Crippen LogP contribution in [0.4, 0.5) is 5.69 Å². The zero-order chi connectivity index (χ0) is 14.7. The molecule has 0 saturated carbocycles. The first-order valence-corrected chi connectivity index (χ1v) is 8.39. The van der Waals surface area contributed by atoms with Crippen molar-refractivity contribution in [1.82, 2.24) is 9.55 Å². The second-order valence-electron chi connectivity index (χ2n) is 4.29. The van der Waals surface area contributed by atoms with E-state index in [9.17, 15) is 4.79 Å². The molecular formula is C15H13N3OS2. The van der Waals surface area contributed by atoms with E-state index in [1.165, 1.54) is 11.3 Å². The van der Waals surface area contributed by atoms with Crippen LogP contribution in [0.1, 0.15) is 9.67 Å². The molecule has 0 aliphatic carbocycles. The van der Waals surface area contributed by atoms with E-state index in [1.54, 1.807) is 24.3 Å². The van der Waals surface area contributed by atoms with Gasteiger partial charge in [-0.3, -0.25) is 4.79 Å². The second-order valence-corrected chi connectivity index (χ2v) is 6.06. The maximum absolute atomic E-state index is 12.3. The number of aromatic nitrogens is 2. The van der Waals surface area contributed by atoms with Crippen molar-refractivity contribution in [3.05, 3.63) is 59.3 Å². The van der Waals surface area contributed by atoms with Gasteiger partial charge in [0.15, 0.2) is 0 Å². The third-order valence-corrected chi connectivity index (χ3v) is 4.78. The maximum Gasteiger partial charge on any atom is 0.266 e. The van der Waals surface area contributed by atoms with Crippen LogP contribution < -0.4 is 5.32 Å². The van der Waals surface area contributed by atoms with Crippen LogP contribution in [-0.2, 0) is 0 Å². The van der Waals surface area contributed by atoms with Gasteiger partial charge < -0.3 is 9.88 Å². The largest absolute Gasteiger partial charge is 0.321 e. The molecule has 0 aliphatic rings. The van der Waals surface area contributed by atoms with Crippen molar-refractivity contribution in [3.8, 4) is 5.69 Å². The van der Waals surface area contributed by atoms with Crippen LogP contribution in [0.25, 0.3) is 5.69 Å². The first-order valence-electron chi connectivity index (χ1n) is 6.29. The average Bonchev–Trinajstić information content (AvgIpc) is 3.18. The summed E-state index contributed by atoms with van der Waals surface area (Å²) in [6, 6.07) is 9.65. The van der Waals surface area contributed by atoms with Gasteiger partial charge in [-0.05, 0) is 35.9 Å². The zero-order valence-electron chi connectivity index (χ0n) is 11.3. The molecule has 2 aromatic heterocycles. The van der Waals surface area contributed by atoms with Crippen molar-refractivity contribution in [2.24, 2.45) is 0 Å². The minimum Gasteiger partial charge on any atom is -0.321 e. The zero-order valence-corrected chi connectivity index (χ0v) is 12.9. The smallest absolute Gasteiger partial charge is 0.266 e. The summed E-state index contributed by atoms with van der Waals surface area (Å²) >= 11 is 3.03. The molecule has 0 spiro atoms. The van der Waals surface area contributed by atoms with E-state index < -0.39 is 0 Å². The Morgan fingerprint density at radius 1 is 1.38 bits per heavy atom. The van der Waals surface area contributed by atoms with Gasteiger partial charge in [0.2, 0.25) is 0 Å². The van der Waals surface area contributed by atoms with Crippen molar-refractivity contribution in [1.29, 1.82) is 0 Å². The topological polar surface area (TPSA) is 46.9 Å². The van der Waals surface area contributed by atoms with Crippen molar-refractivity contribution < 1.29 is 4.79 Å². The summed E-state index contributed by atoms with van der Waals surface area (Å²) in [5, 5.41) is 4.88. The van der Waals surface area contributed by atoms with E-state index in [0.29, 0.717) is 0 Å². The highest BCUT2D eigenvalue weighted by Crippen LogP contribution is 2.26.